The van der Waals surface area contributed by atoms with Gasteiger partial charge in [-0.1, -0.05) is 0 Å². The quantitative estimate of drug-likeness (QED) is 0.385. The van der Waals surface area contributed by atoms with Gasteiger partial charge < -0.3 is 53.4 Å². The Bertz CT molecular complexity index is 6.00. The Hall–Kier alpha value is 2.30. The Labute approximate surface area is 78.4 Å². The van der Waals surface area contributed by atoms with Gasteiger partial charge in [0, 0.05) is 0 Å². The molecule has 0 N–H and O–H groups in total. The van der Waals surface area contributed by atoms with Crippen LogP contribution in [0.2, 0.25) is 0 Å². The monoisotopic (exact) mass is 360 g/mol. The topological polar surface area (TPSA) is 28.5 Å². The summed E-state index contributed by atoms with van der Waals surface area (Å²) in [4.78, 5) is 0. The smallest absolute Gasteiger partial charge is 2.00 e. The van der Waals surface area contributed by atoms with E-state index in [1.54, 1.807) is 0 Å². The molecular formula is I2OZr. The molecule has 0 amide bonds. The van der Waals surface area contributed by atoms with Crippen LogP contribution < -0.4 is 48.0 Å². The molecule has 0 radical (unpaired) electrons. The Kier molecular flexibility index (Phi) is 155. The molecule has 0 saturated heterocycles. The third kappa shape index (κ3) is 8.85. The molecule has 0 spiro atoms. The van der Waals surface area contributed by atoms with Gasteiger partial charge in [-0.15, -0.1) is 0 Å². The number of hydrogen-bond donors (Lipinski definition) is 0. The summed E-state index contributed by atoms with van der Waals surface area (Å²) >= 11 is 0. The maximum Gasteiger partial charge on any atom is 4.00 e. The van der Waals surface area contributed by atoms with Crippen LogP contribution in [0.4, 0.5) is 0 Å². The predicted octanol–water partition coefficient (Wildman–Crippen LogP) is -6.11. The molecule has 0 fully saturated rings. The van der Waals surface area contributed by atoms with Crippen molar-refractivity contribution in [2.45, 2.75) is 0 Å². The van der Waals surface area contributed by atoms with Crippen LogP contribution in [0.15, 0.2) is 0 Å². The zero-order valence-electron chi connectivity index (χ0n) is 1.66. The van der Waals surface area contributed by atoms with Gasteiger partial charge in [0.25, 0.3) is 0 Å². The molecule has 0 aromatic rings. The van der Waals surface area contributed by atoms with E-state index in [0.717, 1.165) is 0 Å². The maximum atomic E-state index is 0. The molecule has 1 nitrogen and oxygen atoms in total. The van der Waals surface area contributed by atoms with Crippen molar-refractivity contribution in [2.75, 3.05) is 0 Å². The van der Waals surface area contributed by atoms with Crippen LogP contribution in [-0.4, -0.2) is 0 Å². The molecule has 0 atom stereocenters. The van der Waals surface area contributed by atoms with Crippen molar-refractivity contribution in [2.24, 2.45) is 0 Å². The van der Waals surface area contributed by atoms with Crippen LogP contribution in [0, 0.1) is 0 Å². The first-order chi connectivity index (χ1) is 0. The average Bonchev–Trinajstić information content (AvgIpc) is 0. The Morgan fingerprint density at radius 2 is 0.750 bits per heavy atom. The fourth-order valence-electron chi connectivity index (χ4n) is 0. The molecule has 0 aliphatic rings. The normalized spacial score (nSPS) is 0. The molecule has 0 aromatic heterocycles. The van der Waals surface area contributed by atoms with Crippen LogP contribution >= 0.6 is 0 Å². The standard InChI is InChI=1S/2HI.O.Zr/h2*1H;;/q;;-2;+4/p-2. The number of hydrogen-bond acceptors (Lipinski definition) is 0. The molecule has 4 heavy (non-hydrogen) atoms. The largest absolute Gasteiger partial charge is 4.00 e. The van der Waals surface area contributed by atoms with Crippen LogP contribution in [0.1, 0.15) is 0 Å². The third-order valence-electron chi connectivity index (χ3n) is 0. The maximum absolute atomic E-state index is 0. The van der Waals surface area contributed by atoms with Gasteiger partial charge in [-0.3, -0.25) is 0 Å². The van der Waals surface area contributed by atoms with E-state index in [0.29, 0.717) is 0 Å². The van der Waals surface area contributed by atoms with Crippen molar-refractivity contribution in [1.82, 2.24) is 0 Å². The second-order valence-electron chi connectivity index (χ2n) is 0. The van der Waals surface area contributed by atoms with Crippen molar-refractivity contribution in [3.05, 3.63) is 0 Å². The molecule has 0 aliphatic carbocycles. The molecule has 0 rings (SSSR count). The predicted molar refractivity (Wildman–Crippen MR) is 0.686 cm³/mol. The van der Waals surface area contributed by atoms with Gasteiger partial charge in [-0.25, -0.2) is 0 Å². The molecule has 0 heterocycles. The fraction of sp³-hybridized carbons (Fsp3) is 0. The van der Waals surface area contributed by atoms with Crippen molar-refractivity contribution in [3.8, 4) is 0 Å². The second kappa shape index (κ2) is 18.5. The molecule has 4 heteroatoms. The van der Waals surface area contributed by atoms with Crippen molar-refractivity contribution >= 4 is 0 Å². The molecule has 24 valence electrons. The zero-order valence-corrected chi connectivity index (χ0v) is 8.44. The molecular weight excluding hydrogens is 361 g/mol. The third-order valence-corrected chi connectivity index (χ3v) is 0. The SMILES string of the molecule is [I-].[I-].[O-2].[Zr+4]. The van der Waals surface area contributed by atoms with Gasteiger partial charge in [-0.05, 0) is 0 Å². The van der Waals surface area contributed by atoms with E-state index in [9.17, 15) is 0 Å². The number of rotatable bonds is 0. The summed E-state index contributed by atoms with van der Waals surface area (Å²) in [6.45, 7) is 0. The van der Waals surface area contributed by atoms with E-state index in [1.807, 2.05) is 0 Å². The van der Waals surface area contributed by atoms with Gasteiger partial charge >= 0.3 is 26.2 Å². The summed E-state index contributed by atoms with van der Waals surface area (Å²) in [7, 11) is 0. The molecule has 0 aromatic carbocycles. The van der Waals surface area contributed by atoms with Crippen LogP contribution in [0.3, 0.4) is 0 Å². The van der Waals surface area contributed by atoms with E-state index in [2.05, 4.69) is 0 Å². The van der Waals surface area contributed by atoms with Gasteiger partial charge in [0.15, 0.2) is 0 Å². The first-order valence-corrected chi connectivity index (χ1v) is 0. The van der Waals surface area contributed by atoms with E-state index in [4.69, 9.17) is 0 Å². The molecule has 0 aliphatic heterocycles. The Morgan fingerprint density at radius 1 is 0.750 bits per heavy atom. The van der Waals surface area contributed by atoms with E-state index < -0.39 is 0 Å². The zero-order chi connectivity index (χ0) is 0. The van der Waals surface area contributed by atoms with Gasteiger partial charge in [0.05, 0.1) is 0 Å². The summed E-state index contributed by atoms with van der Waals surface area (Å²) in [5.41, 5.74) is 0. The van der Waals surface area contributed by atoms with Crippen molar-refractivity contribution in [3.63, 3.8) is 0 Å². The van der Waals surface area contributed by atoms with Crippen molar-refractivity contribution < 1.29 is 79.6 Å². The summed E-state index contributed by atoms with van der Waals surface area (Å²) in [5, 5.41) is 0. The van der Waals surface area contributed by atoms with Crippen LogP contribution in [0.25, 0.3) is 0 Å². The van der Waals surface area contributed by atoms with E-state index >= 15 is 0 Å². The second-order valence-corrected chi connectivity index (χ2v) is 0. The van der Waals surface area contributed by atoms with E-state index in [-0.39, 0.29) is 79.6 Å². The Balaban J connectivity index is 0. The minimum Gasteiger partial charge on any atom is -2.00 e. The van der Waals surface area contributed by atoms with Crippen molar-refractivity contribution in [1.29, 1.82) is 0 Å². The van der Waals surface area contributed by atoms with Gasteiger partial charge in [0.2, 0.25) is 0 Å². The fourth-order valence-corrected chi connectivity index (χ4v) is 0. The van der Waals surface area contributed by atoms with Gasteiger partial charge in [-0.2, -0.15) is 0 Å². The molecule has 0 saturated carbocycles. The van der Waals surface area contributed by atoms with Crippen LogP contribution in [0.5, 0.6) is 0 Å². The first kappa shape index (κ1) is 33.4. The number of halogens is 2. The van der Waals surface area contributed by atoms with E-state index in [1.165, 1.54) is 0 Å². The average molecular weight is 361 g/mol. The van der Waals surface area contributed by atoms with Gasteiger partial charge in [0.1, 0.15) is 0 Å². The molecule has 0 bridgehead atoms. The summed E-state index contributed by atoms with van der Waals surface area (Å²) in [5.74, 6) is 0. The minimum atomic E-state index is 0. The minimum absolute atomic E-state index is 0. The first-order valence-electron chi connectivity index (χ1n) is 0. The van der Waals surface area contributed by atoms with Crippen LogP contribution in [-0.2, 0) is 31.7 Å². The summed E-state index contributed by atoms with van der Waals surface area (Å²) in [6, 6.07) is 0. The Morgan fingerprint density at radius 3 is 0.750 bits per heavy atom. The summed E-state index contributed by atoms with van der Waals surface area (Å²) < 4.78 is 0. The summed E-state index contributed by atoms with van der Waals surface area (Å²) in [6.07, 6.45) is 0. The molecule has 0 unspecified atom stereocenters.